The largest absolute Gasteiger partial charge is 0.293 e. The fourth-order valence-electron chi connectivity index (χ4n) is 1.19. The molecule has 0 fully saturated rings. The minimum atomic E-state index is -0.0233. The van der Waals surface area contributed by atoms with Gasteiger partial charge in [-0.2, -0.15) is 5.10 Å². The Kier molecular flexibility index (Phi) is 3.12. The van der Waals surface area contributed by atoms with Gasteiger partial charge in [0, 0.05) is 6.92 Å². The maximum atomic E-state index is 11.0. The molecular formula is C10H14N2O. The number of aryl methyl sites for hydroxylation is 2. The number of nitrogens with zero attached hydrogens (tertiary/aromatic N) is 2. The van der Waals surface area contributed by atoms with Gasteiger partial charge in [-0.25, -0.2) is 0 Å². The summed E-state index contributed by atoms with van der Waals surface area (Å²) in [4.78, 5) is 11.0. The molecular weight excluding hydrogens is 164 g/mol. The van der Waals surface area contributed by atoms with Gasteiger partial charge < -0.3 is 0 Å². The maximum absolute atomic E-state index is 11.0. The van der Waals surface area contributed by atoms with Crippen molar-refractivity contribution < 1.29 is 4.79 Å². The van der Waals surface area contributed by atoms with Crippen molar-refractivity contribution in [3.63, 3.8) is 0 Å². The first-order valence-corrected chi connectivity index (χ1v) is 4.49. The van der Waals surface area contributed by atoms with Crippen LogP contribution in [0.3, 0.4) is 0 Å². The first-order chi connectivity index (χ1) is 6.15. The van der Waals surface area contributed by atoms with Crippen LogP contribution >= 0.6 is 0 Å². The minimum Gasteiger partial charge on any atom is -0.293 e. The molecule has 1 heterocycles. The minimum absolute atomic E-state index is 0.0233. The van der Waals surface area contributed by atoms with Gasteiger partial charge in [0.1, 0.15) is 5.69 Å². The predicted octanol–water partition coefficient (Wildman–Crippen LogP) is 1.94. The molecule has 0 bridgehead atoms. The predicted molar refractivity (Wildman–Crippen MR) is 50.8 cm³/mol. The number of hydrogen-bond donors (Lipinski definition) is 0. The zero-order valence-corrected chi connectivity index (χ0v) is 8.29. The van der Waals surface area contributed by atoms with E-state index in [0.29, 0.717) is 5.69 Å². The highest BCUT2D eigenvalue weighted by Gasteiger charge is 2.05. The van der Waals surface area contributed by atoms with Crippen molar-refractivity contribution in [3.8, 4) is 0 Å². The number of Topliss-reactive ketones (excluding diaryl/α,β-unsaturated/α-hetero) is 1. The second-order valence-electron chi connectivity index (χ2n) is 3.15. The van der Waals surface area contributed by atoms with Gasteiger partial charge in [-0.1, -0.05) is 13.3 Å². The summed E-state index contributed by atoms with van der Waals surface area (Å²) in [5.41, 5.74) is 2.52. The van der Waals surface area contributed by atoms with Gasteiger partial charge in [-0.05, 0) is 25.0 Å². The molecule has 0 amide bonds. The van der Waals surface area contributed by atoms with Crippen LogP contribution in [0.1, 0.15) is 42.0 Å². The molecule has 0 saturated carbocycles. The van der Waals surface area contributed by atoms with Crippen LogP contribution in [0.2, 0.25) is 0 Å². The van der Waals surface area contributed by atoms with Crippen molar-refractivity contribution in [1.82, 2.24) is 10.2 Å². The van der Waals surface area contributed by atoms with Gasteiger partial charge in [0.2, 0.25) is 0 Å². The van der Waals surface area contributed by atoms with Crippen LogP contribution in [-0.2, 0) is 6.42 Å². The van der Waals surface area contributed by atoms with Crippen molar-refractivity contribution in [1.29, 1.82) is 0 Å². The van der Waals surface area contributed by atoms with E-state index in [1.54, 1.807) is 0 Å². The molecule has 3 heteroatoms. The van der Waals surface area contributed by atoms with E-state index in [4.69, 9.17) is 0 Å². The molecule has 0 atom stereocenters. The normalized spacial score (nSPS) is 10.1. The molecule has 0 spiro atoms. The number of rotatable bonds is 3. The lowest BCUT2D eigenvalue weighted by molar-refractivity contribution is 0.101. The van der Waals surface area contributed by atoms with Crippen LogP contribution in [0.4, 0.5) is 0 Å². The molecule has 0 aliphatic rings. The molecule has 13 heavy (non-hydrogen) atoms. The van der Waals surface area contributed by atoms with E-state index in [2.05, 4.69) is 17.1 Å². The fourth-order valence-corrected chi connectivity index (χ4v) is 1.19. The van der Waals surface area contributed by atoms with Gasteiger partial charge in [0.25, 0.3) is 0 Å². The highest BCUT2D eigenvalue weighted by Crippen LogP contribution is 2.08. The average Bonchev–Trinajstić information content (AvgIpc) is 2.08. The molecule has 3 nitrogen and oxygen atoms in total. The molecule has 0 N–H and O–H groups in total. The Bertz CT molecular complexity index is 321. The van der Waals surface area contributed by atoms with E-state index in [0.717, 1.165) is 24.1 Å². The van der Waals surface area contributed by atoms with Crippen molar-refractivity contribution in [3.05, 3.63) is 23.0 Å². The molecule has 0 aliphatic heterocycles. The standard InChI is InChI=1S/C10H14N2O/c1-4-5-9-6-10(8(3)13)12-11-7(9)2/h6H,4-5H2,1-3H3. The molecule has 0 aromatic carbocycles. The topological polar surface area (TPSA) is 42.9 Å². The summed E-state index contributed by atoms with van der Waals surface area (Å²) in [6.07, 6.45) is 2.02. The fraction of sp³-hybridized carbons (Fsp3) is 0.500. The van der Waals surface area contributed by atoms with Gasteiger partial charge in [0.05, 0.1) is 5.69 Å². The number of ketones is 1. The zero-order chi connectivity index (χ0) is 9.84. The van der Waals surface area contributed by atoms with Crippen molar-refractivity contribution in [2.75, 3.05) is 0 Å². The number of hydrogen-bond acceptors (Lipinski definition) is 3. The van der Waals surface area contributed by atoms with Crippen LogP contribution in [0.25, 0.3) is 0 Å². The summed E-state index contributed by atoms with van der Waals surface area (Å²) in [5.74, 6) is -0.0233. The van der Waals surface area contributed by atoms with Crippen molar-refractivity contribution in [2.24, 2.45) is 0 Å². The van der Waals surface area contributed by atoms with Crippen LogP contribution in [0.5, 0.6) is 0 Å². The summed E-state index contributed by atoms with van der Waals surface area (Å²) in [7, 11) is 0. The smallest absolute Gasteiger partial charge is 0.180 e. The molecule has 0 radical (unpaired) electrons. The molecule has 0 unspecified atom stereocenters. The lowest BCUT2D eigenvalue weighted by atomic mass is 10.1. The summed E-state index contributed by atoms with van der Waals surface area (Å²) in [6, 6.07) is 1.84. The highest BCUT2D eigenvalue weighted by atomic mass is 16.1. The molecule has 70 valence electrons. The monoisotopic (exact) mass is 178 g/mol. The molecule has 1 rings (SSSR count). The Balaban J connectivity index is 3.03. The van der Waals surface area contributed by atoms with E-state index in [1.165, 1.54) is 6.92 Å². The zero-order valence-electron chi connectivity index (χ0n) is 8.29. The lowest BCUT2D eigenvalue weighted by Gasteiger charge is -2.03. The van der Waals surface area contributed by atoms with Gasteiger partial charge in [0.15, 0.2) is 5.78 Å². The third-order valence-electron chi connectivity index (χ3n) is 1.96. The molecule has 0 aliphatic carbocycles. The quantitative estimate of drug-likeness (QED) is 0.664. The van der Waals surface area contributed by atoms with Crippen LogP contribution in [0.15, 0.2) is 6.07 Å². The van der Waals surface area contributed by atoms with E-state index < -0.39 is 0 Å². The molecule has 1 aromatic heterocycles. The third-order valence-corrected chi connectivity index (χ3v) is 1.96. The van der Waals surface area contributed by atoms with E-state index in [-0.39, 0.29) is 5.78 Å². The highest BCUT2D eigenvalue weighted by molar-refractivity contribution is 5.92. The van der Waals surface area contributed by atoms with Crippen LogP contribution in [-0.4, -0.2) is 16.0 Å². The second kappa shape index (κ2) is 4.12. The van der Waals surface area contributed by atoms with Crippen molar-refractivity contribution in [2.45, 2.75) is 33.6 Å². The Morgan fingerprint density at radius 3 is 2.69 bits per heavy atom. The van der Waals surface area contributed by atoms with Gasteiger partial charge in [-0.15, -0.1) is 5.10 Å². The third kappa shape index (κ3) is 2.34. The summed E-state index contributed by atoms with van der Waals surface area (Å²) in [6.45, 7) is 5.53. The SMILES string of the molecule is CCCc1cc(C(C)=O)nnc1C. The van der Waals surface area contributed by atoms with E-state index >= 15 is 0 Å². The molecule has 0 saturated heterocycles. The Hall–Kier alpha value is -1.25. The van der Waals surface area contributed by atoms with Crippen LogP contribution in [0, 0.1) is 6.92 Å². The number of carbonyl (C=O) groups is 1. The van der Waals surface area contributed by atoms with Crippen LogP contribution < -0.4 is 0 Å². The number of aromatic nitrogens is 2. The molecule has 1 aromatic rings. The average molecular weight is 178 g/mol. The Morgan fingerprint density at radius 2 is 2.15 bits per heavy atom. The summed E-state index contributed by atoms with van der Waals surface area (Å²) >= 11 is 0. The number of carbonyl (C=O) groups excluding carboxylic acids is 1. The maximum Gasteiger partial charge on any atom is 0.180 e. The second-order valence-corrected chi connectivity index (χ2v) is 3.15. The summed E-state index contributed by atoms with van der Waals surface area (Å²) < 4.78 is 0. The van der Waals surface area contributed by atoms with Crippen molar-refractivity contribution >= 4 is 5.78 Å². The Morgan fingerprint density at radius 1 is 1.46 bits per heavy atom. The van der Waals surface area contributed by atoms with E-state index in [9.17, 15) is 4.79 Å². The van der Waals surface area contributed by atoms with Gasteiger partial charge >= 0.3 is 0 Å². The first-order valence-electron chi connectivity index (χ1n) is 4.49. The first kappa shape index (κ1) is 9.84. The Labute approximate surface area is 78.2 Å². The van der Waals surface area contributed by atoms with Gasteiger partial charge in [-0.3, -0.25) is 4.79 Å². The summed E-state index contributed by atoms with van der Waals surface area (Å²) in [5, 5.41) is 7.77. The lowest BCUT2D eigenvalue weighted by Crippen LogP contribution is -2.03. The van der Waals surface area contributed by atoms with E-state index in [1.807, 2.05) is 13.0 Å².